The summed E-state index contributed by atoms with van der Waals surface area (Å²) in [5.41, 5.74) is 0.848. The number of thiazole rings is 1. The molecule has 0 aliphatic rings. The van der Waals surface area contributed by atoms with E-state index in [4.69, 9.17) is 11.6 Å². The number of aromatic nitrogens is 1. The lowest BCUT2D eigenvalue weighted by Gasteiger charge is -2.06. The van der Waals surface area contributed by atoms with Crippen LogP contribution < -0.4 is 5.32 Å². The van der Waals surface area contributed by atoms with E-state index in [2.05, 4.69) is 26.2 Å². The van der Waals surface area contributed by atoms with E-state index in [9.17, 15) is 4.79 Å². The van der Waals surface area contributed by atoms with Crippen LogP contribution in [0.25, 0.3) is 10.2 Å². The van der Waals surface area contributed by atoms with Crippen molar-refractivity contribution >= 4 is 60.1 Å². The lowest BCUT2D eigenvalue weighted by Crippen LogP contribution is -2.22. The number of fused-ring (bicyclic) bond motifs is 1. The number of hydrogen-bond acceptors (Lipinski definition) is 3. The second kappa shape index (κ2) is 5.99. The van der Waals surface area contributed by atoms with Gasteiger partial charge in [0.25, 0.3) is 0 Å². The fourth-order valence-electron chi connectivity index (χ4n) is 1.52. The third-order valence-electron chi connectivity index (χ3n) is 2.41. The molecule has 96 valence electrons. The Balaban J connectivity index is 2.14. The summed E-state index contributed by atoms with van der Waals surface area (Å²) in [5, 5.41) is 4.10. The first-order valence-electron chi connectivity index (χ1n) is 5.61. The molecule has 0 fully saturated rings. The van der Waals surface area contributed by atoms with Crippen molar-refractivity contribution in [1.29, 1.82) is 0 Å². The molecule has 0 aliphatic carbocycles. The van der Waals surface area contributed by atoms with Gasteiger partial charge in [-0.15, -0.1) is 0 Å². The summed E-state index contributed by atoms with van der Waals surface area (Å²) in [4.78, 5) is 16.0. The maximum absolute atomic E-state index is 11.8. The minimum Gasteiger partial charge on any atom is -0.301 e. The molecule has 1 unspecified atom stereocenters. The van der Waals surface area contributed by atoms with Crippen LogP contribution in [0.1, 0.15) is 19.8 Å². The fourth-order valence-corrected chi connectivity index (χ4v) is 3.24. The van der Waals surface area contributed by atoms with E-state index < -0.39 is 0 Å². The third-order valence-corrected chi connectivity index (χ3v) is 4.45. The van der Waals surface area contributed by atoms with Crippen LogP contribution in [0.3, 0.4) is 0 Å². The van der Waals surface area contributed by atoms with Gasteiger partial charge in [-0.05, 0) is 24.6 Å². The van der Waals surface area contributed by atoms with E-state index in [1.165, 1.54) is 11.3 Å². The quantitative estimate of drug-likeness (QED) is 0.830. The maximum atomic E-state index is 11.8. The third kappa shape index (κ3) is 3.22. The van der Waals surface area contributed by atoms with Gasteiger partial charge in [0.2, 0.25) is 5.91 Å². The number of nitrogens with zero attached hydrogens (tertiary/aromatic N) is 1. The molecule has 6 heteroatoms. The van der Waals surface area contributed by atoms with E-state index in [0.29, 0.717) is 10.2 Å². The van der Waals surface area contributed by atoms with Gasteiger partial charge in [0.15, 0.2) is 5.13 Å². The van der Waals surface area contributed by atoms with E-state index >= 15 is 0 Å². The summed E-state index contributed by atoms with van der Waals surface area (Å²) in [6.07, 6.45) is 1.77. The highest BCUT2D eigenvalue weighted by Gasteiger charge is 2.15. The van der Waals surface area contributed by atoms with Gasteiger partial charge in [0.1, 0.15) is 0 Å². The molecule has 0 saturated carbocycles. The van der Waals surface area contributed by atoms with Crippen LogP contribution in [0.5, 0.6) is 0 Å². The first-order chi connectivity index (χ1) is 8.60. The molecule has 1 aromatic carbocycles. The number of halogens is 2. The number of carbonyl (C=O) groups excluding carboxylic acids is 1. The van der Waals surface area contributed by atoms with Crippen molar-refractivity contribution in [3.63, 3.8) is 0 Å². The number of alkyl halides is 1. The number of hydrogen-bond donors (Lipinski definition) is 1. The van der Waals surface area contributed by atoms with Crippen molar-refractivity contribution < 1.29 is 4.79 Å². The van der Waals surface area contributed by atoms with Gasteiger partial charge in [0, 0.05) is 5.02 Å². The van der Waals surface area contributed by atoms with Gasteiger partial charge in [-0.1, -0.05) is 52.2 Å². The first kappa shape index (κ1) is 13.8. The minimum atomic E-state index is -0.168. The van der Waals surface area contributed by atoms with Gasteiger partial charge >= 0.3 is 0 Å². The molecule has 0 aliphatic heterocycles. The van der Waals surface area contributed by atoms with Crippen molar-refractivity contribution in [3.8, 4) is 0 Å². The van der Waals surface area contributed by atoms with Gasteiger partial charge < -0.3 is 5.32 Å². The molecular formula is C12H12BrClN2OS. The summed E-state index contributed by atoms with van der Waals surface area (Å²) in [7, 11) is 0. The average Bonchev–Trinajstić information content (AvgIpc) is 2.70. The highest BCUT2D eigenvalue weighted by atomic mass is 79.9. The topological polar surface area (TPSA) is 42.0 Å². The lowest BCUT2D eigenvalue weighted by atomic mass is 10.2. The average molecular weight is 348 g/mol. The fraction of sp³-hybridized carbons (Fsp3) is 0.333. The van der Waals surface area contributed by atoms with Crippen LogP contribution in [-0.4, -0.2) is 15.7 Å². The molecule has 0 radical (unpaired) electrons. The highest BCUT2D eigenvalue weighted by Crippen LogP contribution is 2.28. The van der Waals surface area contributed by atoms with Gasteiger partial charge in [-0.3, -0.25) is 4.79 Å². The van der Waals surface area contributed by atoms with Gasteiger partial charge in [0.05, 0.1) is 15.0 Å². The zero-order valence-electron chi connectivity index (χ0n) is 9.74. The molecule has 1 amide bonds. The largest absolute Gasteiger partial charge is 0.301 e. The lowest BCUT2D eigenvalue weighted by molar-refractivity contribution is -0.115. The number of amides is 1. The minimum absolute atomic E-state index is 0.0537. The molecule has 2 aromatic rings. The Kier molecular flexibility index (Phi) is 4.59. The second-order valence-electron chi connectivity index (χ2n) is 3.88. The molecule has 0 saturated heterocycles. The predicted octanol–water partition coefficient (Wildman–Crippen LogP) is 4.45. The Bertz CT molecular complexity index is 572. The number of anilines is 1. The zero-order valence-corrected chi connectivity index (χ0v) is 12.9. The van der Waals surface area contributed by atoms with Crippen LogP contribution >= 0.6 is 38.9 Å². The Hall–Kier alpha value is -0.650. The van der Waals surface area contributed by atoms with Gasteiger partial charge in [-0.2, -0.15) is 0 Å². The SMILES string of the molecule is CCCC(Br)C(=O)Nc1nc2ccc(Cl)cc2s1. The molecule has 0 spiro atoms. The Morgan fingerprint density at radius 3 is 3.11 bits per heavy atom. The summed E-state index contributed by atoms with van der Waals surface area (Å²) < 4.78 is 0.972. The standard InChI is InChI=1S/C12H12BrClN2OS/c1-2-3-8(13)11(17)16-12-15-9-5-4-7(14)6-10(9)18-12/h4-6,8H,2-3H2,1H3,(H,15,16,17). The number of benzene rings is 1. The maximum Gasteiger partial charge on any atom is 0.239 e. The van der Waals surface area contributed by atoms with E-state index in [1.54, 1.807) is 6.07 Å². The van der Waals surface area contributed by atoms with E-state index in [-0.39, 0.29) is 10.7 Å². The zero-order chi connectivity index (χ0) is 13.1. The molecule has 2 rings (SSSR count). The summed E-state index contributed by atoms with van der Waals surface area (Å²) in [5.74, 6) is -0.0537. The van der Waals surface area contributed by atoms with Crippen molar-refractivity contribution in [1.82, 2.24) is 4.98 Å². The molecule has 0 bridgehead atoms. The molecular weight excluding hydrogens is 336 g/mol. The van der Waals surface area contributed by atoms with Crippen LogP contribution in [-0.2, 0) is 4.79 Å². The molecule has 1 aromatic heterocycles. The van der Waals surface area contributed by atoms with Crippen molar-refractivity contribution in [3.05, 3.63) is 23.2 Å². The van der Waals surface area contributed by atoms with Crippen LogP contribution in [0, 0.1) is 0 Å². The molecule has 1 heterocycles. The number of rotatable bonds is 4. The van der Waals surface area contributed by atoms with Crippen molar-refractivity contribution in [2.45, 2.75) is 24.6 Å². The van der Waals surface area contributed by atoms with Crippen LogP contribution in [0.4, 0.5) is 5.13 Å². The van der Waals surface area contributed by atoms with Crippen molar-refractivity contribution in [2.75, 3.05) is 5.32 Å². The Labute approximate surface area is 123 Å². The first-order valence-corrected chi connectivity index (χ1v) is 7.72. The Morgan fingerprint density at radius 1 is 1.61 bits per heavy atom. The molecule has 1 N–H and O–H groups in total. The second-order valence-corrected chi connectivity index (χ2v) is 6.45. The summed E-state index contributed by atoms with van der Waals surface area (Å²) in [6, 6.07) is 5.49. The summed E-state index contributed by atoms with van der Waals surface area (Å²) in [6.45, 7) is 2.04. The highest BCUT2D eigenvalue weighted by molar-refractivity contribution is 9.10. The molecule has 18 heavy (non-hydrogen) atoms. The summed E-state index contributed by atoms with van der Waals surface area (Å²) >= 11 is 10.7. The van der Waals surface area contributed by atoms with Crippen LogP contribution in [0.2, 0.25) is 5.02 Å². The molecule has 1 atom stereocenters. The number of carbonyl (C=O) groups is 1. The van der Waals surface area contributed by atoms with Crippen LogP contribution in [0.15, 0.2) is 18.2 Å². The Morgan fingerprint density at radius 2 is 2.39 bits per heavy atom. The van der Waals surface area contributed by atoms with E-state index in [0.717, 1.165) is 23.1 Å². The van der Waals surface area contributed by atoms with Gasteiger partial charge in [-0.25, -0.2) is 4.98 Å². The van der Waals surface area contributed by atoms with E-state index in [1.807, 2.05) is 19.1 Å². The number of nitrogens with one attached hydrogen (secondary N) is 1. The predicted molar refractivity (Wildman–Crippen MR) is 80.9 cm³/mol. The monoisotopic (exact) mass is 346 g/mol. The normalized spacial score (nSPS) is 12.6. The smallest absolute Gasteiger partial charge is 0.239 e. The molecule has 3 nitrogen and oxygen atoms in total. The van der Waals surface area contributed by atoms with Crippen molar-refractivity contribution in [2.24, 2.45) is 0 Å².